The van der Waals surface area contributed by atoms with Crippen LogP contribution in [-0.2, 0) is 11.2 Å². The van der Waals surface area contributed by atoms with Crippen molar-refractivity contribution in [2.24, 2.45) is 5.73 Å². The molecule has 0 unspecified atom stereocenters. The SMILES string of the molecule is Cl.NCC(F)(F)CNC(=O)CCc1cccc(Br)c1. The van der Waals surface area contributed by atoms with Gasteiger partial charge in [0.25, 0.3) is 5.92 Å². The van der Waals surface area contributed by atoms with Gasteiger partial charge in [0.05, 0.1) is 13.1 Å². The van der Waals surface area contributed by atoms with Crippen LogP contribution >= 0.6 is 28.3 Å². The number of hydrogen-bond donors (Lipinski definition) is 2. The van der Waals surface area contributed by atoms with E-state index in [1.807, 2.05) is 24.3 Å². The van der Waals surface area contributed by atoms with Crippen molar-refractivity contribution in [3.8, 4) is 0 Å². The second kappa shape index (κ2) is 8.45. The van der Waals surface area contributed by atoms with E-state index >= 15 is 0 Å². The maximum Gasteiger partial charge on any atom is 0.277 e. The van der Waals surface area contributed by atoms with Crippen LogP contribution in [0.1, 0.15) is 12.0 Å². The van der Waals surface area contributed by atoms with Crippen LogP contribution in [0.15, 0.2) is 28.7 Å². The molecule has 0 spiro atoms. The minimum Gasteiger partial charge on any atom is -0.350 e. The summed E-state index contributed by atoms with van der Waals surface area (Å²) in [5.41, 5.74) is 5.84. The minimum absolute atomic E-state index is 0. The molecule has 1 aromatic carbocycles. The Morgan fingerprint density at radius 2 is 2.11 bits per heavy atom. The van der Waals surface area contributed by atoms with E-state index in [2.05, 4.69) is 21.2 Å². The number of rotatable bonds is 6. The molecule has 0 radical (unpaired) electrons. The number of nitrogens with two attached hydrogens (primary N) is 1. The molecular formula is C12H16BrClF2N2O. The summed E-state index contributed by atoms with van der Waals surface area (Å²) in [6.07, 6.45) is 0.691. The molecule has 3 nitrogen and oxygen atoms in total. The molecule has 19 heavy (non-hydrogen) atoms. The number of alkyl halides is 2. The molecule has 0 atom stereocenters. The van der Waals surface area contributed by atoms with E-state index in [9.17, 15) is 13.6 Å². The van der Waals surface area contributed by atoms with Crippen molar-refractivity contribution in [2.75, 3.05) is 13.1 Å². The maximum absolute atomic E-state index is 12.8. The van der Waals surface area contributed by atoms with Gasteiger partial charge in [-0.15, -0.1) is 12.4 Å². The Hall–Kier alpha value is -0.720. The number of carbonyl (C=O) groups is 1. The molecule has 1 aromatic rings. The van der Waals surface area contributed by atoms with Crippen LogP contribution in [0.3, 0.4) is 0 Å². The first kappa shape index (κ1) is 18.3. The summed E-state index contributed by atoms with van der Waals surface area (Å²) in [4.78, 5) is 11.4. The van der Waals surface area contributed by atoms with E-state index in [4.69, 9.17) is 5.73 Å². The zero-order valence-corrected chi connectivity index (χ0v) is 12.6. The lowest BCUT2D eigenvalue weighted by molar-refractivity contribution is -0.122. The predicted molar refractivity (Wildman–Crippen MR) is 76.7 cm³/mol. The molecule has 0 aliphatic rings. The van der Waals surface area contributed by atoms with Gasteiger partial charge in [-0.05, 0) is 24.1 Å². The van der Waals surface area contributed by atoms with Crippen LogP contribution in [0, 0.1) is 0 Å². The molecule has 108 valence electrons. The Bertz CT molecular complexity index is 418. The fourth-order valence-electron chi connectivity index (χ4n) is 1.34. The van der Waals surface area contributed by atoms with Crippen molar-refractivity contribution in [1.29, 1.82) is 0 Å². The second-order valence-electron chi connectivity index (χ2n) is 3.97. The van der Waals surface area contributed by atoms with Crippen molar-refractivity contribution >= 4 is 34.2 Å². The predicted octanol–water partition coefficient (Wildman–Crippen LogP) is 2.51. The summed E-state index contributed by atoms with van der Waals surface area (Å²) in [7, 11) is 0. The average Bonchev–Trinajstić information content (AvgIpc) is 2.34. The summed E-state index contributed by atoms with van der Waals surface area (Å²) in [6.45, 7) is -1.47. The van der Waals surface area contributed by atoms with Gasteiger partial charge < -0.3 is 11.1 Å². The van der Waals surface area contributed by atoms with Crippen molar-refractivity contribution in [3.05, 3.63) is 34.3 Å². The number of benzene rings is 1. The fraction of sp³-hybridized carbons (Fsp3) is 0.417. The lowest BCUT2D eigenvalue weighted by Crippen LogP contribution is -2.41. The van der Waals surface area contributed by atoms with Gasteiger partial charge in [0, 0.05) is 10.9 Å². The Kier molecular flexibility index (Phi) is 8.13. The highest BCUT2D eigenvalue weighted by atomic mass is 79.9. The van der Waals surface area contributed by atoms with Gasteiger partial charge in [-0.2, -0.15) is 0 Å². The minimum atomic E-state index is -3.04. The first-order valence-corrected chi connectivity index (χ1v) is 6.31. The van der Waals surface area contributed by atoms with E-state index in [-0.39, 0.29) is 18.8 Å². The Morgan fingerprint density at radius 3 is 2.68 bits per heavy atom. The van der Waals surface area contributed by atoms with Gasteiger partial charge in [0.2, 0.25) is 5.91 Å². The highest BCUT2D eigenvalue weighted by molar-refractivity contribution is 9.10. The average molecular weight is 358 g/mol. The molecule has 0 heterocycles. The van der Waals surface area contributed by atoms with E-state index < -0.39 is 24.9 Å². The van der Waals surface area contributed by atoms with Crippen molar-refractivity contribution in [1.82, 2.24) is 5.32 Å². The largest absolute Gasteiger partial charge is 0.350 e. The van der Waals surface area contributed by atoms with Gasteiger partial charge in [-0.1, -0.05) is 28.1 Å². The van der Waals surface area contributed by atoms with Crippen LogP contribution in [0.25, 0.3) is 0 Å². The quantitative estimate of drug-likeness (QED) is 0.822. The number of halogens is 4. The normalized spacial score (nSPS) is 10.7. The van der Waals surface area contributed by atoms with Gasteiger partial charge in [0.1, 0.15) is 0 Å². The Labute approximate surface area is 125 Å². The first-order valence-electron chi connectivity index (χ1n) is 5.52. The lowest BCUT2D eigenvalue weighted by atomic mass is 10.1. The van der Waals surface area contributed by atoms with Crippen LogP contribution in [0.2, 0.25) is 0 Å². The number of hydrogen-bond acceptors (Lipinski definition) is 2. The van der Waals surface area contributed by atoms with E-state index in [1.165, 1.54) is 0 Å². The molecular weight excluding hydrogens is 341 g/mol. The molecule has 1 amide bonds. The highest BCUT2D eigenvalue weighted by Crippen LogP contribution is 2.13. The topological polar surface area (TPSA) is 55.1 Å². The summed E-state index contributed by atoms with van der Waals surface area (Å²) >= 11 is 3.32. The van der Waals surface area contributed by atoms with E-state index in [0.29, 0.717) is 6.42 Å². The third kappa shape index (κ3) is 7.44. The molecule has 7 heteroatoms. The molecule has 0 fully saturated rings. The van der Waals surface area contributed by atoms with Crippen LogP contribution in [-0.4, -0.2) is 24.9 Å². The molecule has 3 N–H and O–H groups in total. The molecule has 0 aromatic heterocycles. The van der Waals surface area contributed by atoms with E-state index in [0.717, 1.165) is 10.0 Å². The lowest BCUT2D eigenvalue weighted by Gasteiger charge is -2.14. The zero-order valence-electron chi connectivity index (χ0n) is 10.2. The van der Waals surface area contributed by atoms with Crippen LogP contribution < -0.4 is 11.1 Å². The maximum atomic E-state index is 12.8. The number of nitrogens with one attached hydrogen (secondary N) is 1. The van der Waals surface area contributed by atoms with Crippen molar-refractivity contribution in [2.45, 2.75) is 18.8 Å². The highest BCUT2D eigenvalue weighted by Gasteiger charge is 2.26. The van der Waals surface area contributed by atoms with E-state index in [1.54, 1.807) is 0 Å². The monoisotopic (exact) mass is 356 g/mol. The molecule has 1 rings (SSSR count). The molecule has 0 bridgehead atoms. The Balaban J connectivity index is 0.00000324. The van der Waals surface area contributed by atoms with Gasteiger partial charge >= 0.3 is 0 Å². The third-order valence-electron chi connectivity index (χ3n) is 2.37. The molecule has 0 aliphatic carbocycles. The van der Waals surface area contributed by atoms with Crippen LogP contribution in [0.5, 0.6) is 0 Å². The molecule has 0 saturated carbocycles. The number of carbonyl (C=O) groups excluding carboxylic acids is 1. The number of amides is 1. The summed E-state index contributed by atoms with van der Waals surface area (Å²) in [6, 6.07) is 7.51. The second-order valence-corrected chi connectivity index (χ2v) is 4.88. The standard InChI is InChI=1S/C12H15BrF2N2O.ClH/c13-10-3-1-2-9(6-10)4-5-11(18)17-8-12(14,15)7-16;/h1-3,6H,4-5,7-8,16H2,(H,17,18);1H. The Morgan fingerprint density at radius 1 is 1.42 bits per heavy atom. The molecule has 0 saturated heterocycles. The van der Waals surface area contributed by atoms with Gasteiger partial charge in [-0.3, -0.25) is 4.79 Å². The smallest absolute Gasteiger partial charge is 0.277 e. The van der Waals surface area contributed by atoms with Gasteiger partial charge in [0.15, 0.2) is 0 Å². The van der Waals surface area contributed by atoms with Gasteiger partial charge in [-0.25, -0.2) is 8.78 Å². The zero-order chi connectivity index (χ0) is 13.6. The molecule has 0 aliphatic heterocycles. The van der Waals surface area contributed by atoms with Crippen molar-refractivity contribution < 1.29 is 13.6 Å². The summed E-state index contributed by atoms with van der Waals surface area (Å²) in [5.74, 6) is -3.44. The summed E-state index contributed by atoms with van der Waals surface area (Å²) < 4.78 is 26.5. The third-order valence-corrected chi connectivity index (χ3v) is 2.87. The van der Waals surface area contributed by atoms with Crippen molar-refractivity contribution in [3.63, 3.8) is 0 Å². The fourth-order valence-corrected chi connectivity index (χ4v) is 1.79. The first-order chi connectivity index (χ1) is 8.43. The van der Waals surface area contributed by atoms with Crippen LogP contribution in [0.4, 0.5) is 8.78 Å². The number of aryl methyl sites for hydroxylation is 1. The summed E-state index contributed by atoms with van der Waals surface area (Å²) in [5, 5.41) is 2.18.